The van der Waals surface area contributed by atoms with Crippen LogP contribution >= 0.6 is 11.3 Å². The Balaban J connectivity index is 1.22. The summed E-state index contributed by atoms with van der Waals surface area (Å²) < 4.78 is 17.6. The molecule has 0 radical (unpaired) electrons. The number of rotatable bonds is 4. The molecular weight excluding hydrogens is 472 g/mol. The summed E-state index contributed by atoms with van der Waals surface area (Å²) in [4.78, 5) is 49.0. The molecule has 0 unspecified atom stereocenters. The fraction of sp³-hybridized carbons (Fsp3) is 0.500. The summed E-state index contributed by atoms with van der Waals surface area (Å²) >= 11 is 1.44. The van der Waals surface area contributed by atoms with Crippen molar-refractivity contribution in [3.63, 3.8) is 0 Å². The van der Waals surface area contributed by atoms with E-state index in [2.05, 4.69) is 4.98 Å². The predicted octanol–water partition coefficient (Wildman–Crippen LogP) is 1.89. The Kier molecular flexibility index (Phi) is 5.22. The number of methoxy groups -OCH3 is 1. The van der Waals surface area contributed by atoms with Gasteiger partial charge in [-0.1, -0.05) is 23.5 Å². The first-order valence-corrected chi connectivity index (χ1v) is 12.6. The molecule has 4 aliphatic heterocycles. The summed E-state index contributed by atoms with van der Waals surface area (Å²) in [6.07, 6.45) is 3.08. The second-order valence-corrected chi connectivity index (χ2v) is 10.2. The molecule has 3 amide bonds. The van der Waals surface area contributed by atoms with Crippen LogP contribution in [0.25, 0.3) is 10.2 Å². The van der Waals surface area contributed by atoms with Crippen molar-refractivity contribution in [2.24, 2.45) is 11.8 Å². The van der Waals surface area contributed by atoms with Crippen LogP contribution < -0.4 is 9.64 Å². The Morgan fingerprint density at radius 1 is 1.23 bits per heavy atom. The zero-order chi connectivity index (χ0) is 24.3. The second kappa shape index (κ2) is 8.20. The Hall–Kier alpha value is -3.18. The highest BCUT2D eigenvalue weighted by molar-refractivity contribution is 7.22. The summed E-state index contributed by atoms with van der Waals surface area (Å²) in [6, 6.07) is 5.64. The number of ether oxygens (including phenoxy) is 3. The van der Waals surface area contributed by atoms with Crippen LogP contribution in [0.15, 0.2) is 30.4 Å². The maximum Gasteiger partial charge on any atom is 0.409 e. The average Bonchev–Trinajstić information content (AvgIpc) is 3.62. The lowest BCUT2D eigenvalue weighted by Crippen LogP contribution is -2.54. The molecule has 1 spiro atoms. The zero-order valence-electron chi connectivity index (χ0n) is 19.5. The van der Waals surface area contributed by atoms with E-state index in [1.165, 1.54) is 11.3 Å². The minimum Gasteiger partial charge on any atom is -0.497 e. The van der Waals surface area contributed by atoms with E-state index in [0.29, 0.717) is 50.2 Å². The zero-order valence-corrected chi connectivity index (χ0v) is 20.3. The quantitative estimate of drug-likeness (QED) is 0.594. The van der Waals surface area contributed by atoms with Crippen LogP contribution in [-0.2, 0) is 19.1 Å². The molecule has 10 nitrogen and oxygen atoms in total. The first-order chi connectivity index (χ1) is 16.9. The van der Waals surface area contributed by atoms with Crippen molar-refractivity contribution in [1.82, 2.24) is 14.8 Å². The lowest BCUT2D eigenvalue weighted by atomic mass is 9.76. The summed E-state index contributed by atoms with van der Waals surface area (Å²) in [5.74, 6) is -0.697. The summed E-state index contributed by atoms with van der Waals surface area (Å²) in [5.41, 5.74) is -0.0516. The van der Waals surface area contributed by atoms with Gasteiger partial charge in [-0.15, -0.1) is 0 Å². The lowest BCUT2D eigenvalue weighted by molar-refractivity contribution is -0.141. The number of benzene rings is 1. The monoisotopic (exact) mass is 498 g/mol. The SMILES string of the molecule is CCOC(=O)N1CCN(C(=O)[C@H]2[C@@H]3C=C[C@]4(CN(c5nc6cc(OC)ccc6s5)C(=O)[C@@H]24)O3)CC1. The molecule has 5 heterocycles. The molecule has 1 aromatic heterocycles. The van der Waals surface area contributed by atoms with Crippen LogP contribution in [0.3, 0.4) is 0 Å². The highest BCUT2D eigenvalue weighted by Gasteiger charge is 2.67. The standard InChI is InChI=1S/C24H26N4O6S/c1-3-33-23(31)27-10-8-26(9-11-27)20(29)18-16-6-7-24(34-16)13-28(21(30)19(18)24)22-25-15-12-14(32-2)4-5-17(15)35-22/h4-7,12,16,18-19H,3,8-11,13H2,1-2H3/t16-,18-,19+,24+/m0/s1. The minimum absolute atomic E-state index is 0.0982. The molecule has 3 saturated heterocycles. The smallest absolute Gasteiger partial charge is 0.409 e. The molecular formula is C24H26N4O6S. The maximum atomic E-state index is 13.7. The van der Waals surface area contributed by atoms with Crippen molar-refractivity contribution >= 4 is 44.6 Å². The van der Waals surface area contributed by atoms with Crippen molar-refractivity contribution in [2.45, 2.75) is 18.6 Å². The average molecular weight is 499 g/mol. The van der Waals surface area contributed by atoms with Gasteiger partial charge in [-0.2, -0.15) is 0 Å². The van der Waals surface area contributed by atoms with Crippen LogP contribution in [0.1, 0.15) is 6.92 Å². The molecule has 1 aromatic carbocycles. The number of amides is 3. The van der Waals surface area contributed by atoms with Gasteiger partial charge < -0.3 is 24.0 Å². The highest BCUT2D eigenvalue weighted by Crippen LogP contribution is 2.53. The number of hydrogen-bond acceptors (Lipinski definition) is 8. The molecule has 184 valence electrons. The van der Waals surface area contributed by atoms with Gasteiger partial charge in [-0.3, -0.25) is 14.5 Å². The van der Waals surface area contributed by atoms with Crippen LogP contribution in [0, 0.1) is 11.8 Å². The van der Waals surface area contributed by atoms with Crippen LogP contribution in [0.2, 0.25) is 0 Å². The molecule has 35 heavy (non-hydrogen) atoms. The minimum atomic E-state index is -0.815. The lowest BCUT2D eigenvalue weighted by Gasteiger charge is -2.36. The van der Waals surface area contributed by atoms with Gasteiger partial charge in [0, 0.05) is 32.2 Å². The second-order valence-electron chi connectivity index (χ2n) is 9.17. The first-order valence-electron chi connectivity index (χ1n) is 11.8. The summed E-state index contributed by atoms with van der Waals surface area (Å²) in [5, 5.41) is 0.594. The van der Waals surface area contributed by atoms with Gasteiger partial charge in [-0.05, 0) is 19.1 Å². The molecule has 0 saturated carbocycles. The highest BCUT2D eigenvalue weighted by atomic mass is 32.1. The fourth-order valence-corrected chi connectivity index (χ4v) is 6.57. The summed E-state index contributed by atoms with van der Waals surface area (Å²) in [7, 11) is 1.60. The Morgan fingerprint density at radius 2 is 2.00 bits per heavy atom. The third kappa shape index (κ3) is 3.40. The van der Waals surface area contributed by atoms with Gasteiger partial charge in [0.1, 0.15) is 11.4 Å². The topological polar surface area (TPSA) is 102 Å². The molecule has 3 fully saturated rings. The van der Waals surface area contributed by atoms with Crippen molar-refractivity contribution in [2.75, 3.05) is 51.3 Å². The normalized spacial score (nSPS) is 29.3. The molecule has 0 N–H and O–H groups in total. The van der Waals surface area contributed by atoms with Gasteiger partial charge in [0.2, 0.25) is 11.8 Å². The van der Waals surface area contributed by atoms with E-state index in [1.54, 1.807) is 28.7 Å². The van der Waals surface area contributed by atoms with E-state index in [-0.39, 0.29) is 17.9 Å². The van der Waals surface area contributed by atoms with E-state index >= 15 is 0 Å². The third-order valence-electron chi connectivity index (χ3n) is 7.32. The number of aromatic nitrogens is 1. The number of carbonyl (C=O) groups excluding carboxylic acids is 3. The third-order valence-corrected chi connectivity index (χ3v) is 8.38. The number of hydrogen-bond donors (Lipinski definition) is 0. The summed E-state index contributed by atoms with van der Waals surface area (Å²) in [6.45, 7) is 4.04. The molecule has 11 heteroatoms. The fourth-order valence-electron chi connectivity index (χ4n) is 5.61. The van der Waals surface area contributed by atoms with Crippen LogP contribution in [-0.4, -0.2) is 90.8 Å². The van der Waals surface area contributed by atoms with E-state index in [4.69, 9.17) is 14.2 Å². The number of piperazine rings is 1. The molecule has 4 aliphatic rings. The van der Waals surface area contributed by atoms with E-state index in [0.717, 1.165) is 10.2 Å². The van der Waals surface area contributed by atoms with Crippen LogP contribution in [0.5, 0.6) is 5.75 Å². The van der Waals surface area contributed by atoms with E-state index in [9.17, 15) is 14.4 Å². The van der Waals surface area contributed by atoms with Gasteiger partial charge in [0.05, 0.1) is 48.4 Å². The van der Waals surface area contributed by atoms with Crippen molar-refractivity contribution in [1.29, 1.82) is 0 Å². The number of nitrogens with zero attached hydrogens (tertiary/aromatic N) is 4. The molecule has 2 bridgehead atoms. The first kappa shape index (κ1) is 22.3. The number of carbonyl (C=O) groups is 3. The molecule has 2 aromatic rings. The Bertz CT molecular complexity index is 1240. The molecule has 4 atom stereocenters. The Labute approximate surface area is 206 Å². The van der Waals surface area contributed by atoms with Crippen LogP contribution in [0.4, 0.5) is 9.93 Å². The van der Waals surface area contributed by atoms with Crippen molar-refractivity contribution in [3.8, 4) is 5.75 Å². The number of thiazole rings is 1. The van der Waals surface area contributed by atoms with Crippen molar-refractivity contribution in [3.05, 3.63) is 30.4 Å². The Morgan fingerprint density at radius 3 is 2.74 bits per heavy atom. The van der Waals surface area contributed by atoms with Gasteiger partial charge >= 0.3 is 6.09 Å². The van der Waals surface area contributed by atoms with Gasteiger partial charge in [-0.25, -0.2) is 9.78 Å². The largest absolute Gasteiger partial charge is 0.497 e. The molecule has 0 aliphatic carbocycles. The number of fused-ring (bicyclic) bond motifs is 2. The van der Waals surface area contributed by atoms with Crippen molar-refractivity contribution < 1.29 is 28.6 Å². The van der Waals surface area contributed by atoms with Gasteiger partial charge in [0.25, 0.3) is 0 Å². The van der Waals surface area contributed by atoms with E-state index < -0.39 is 23.5 Å². The maximum absolute atomic E-state index is 13.7. The van der Waals surface area contributed by atoms with Gasteiger partial charge in [0.15, 0.2) is 5.13 Å². The number of anilines is 1. The van der Waals surface area contributed by atoms with E-state index in [1.807, 2.05) is 30.4 Å². The predicted molar refractivity (Wildman–Crippen MR) is 127 cm³/mol. The molecule has 6 rings (SSSR count).